The van der Waals surface area contributed by atoms with Crippen molar-refractivity contribution in [2.24, 2.45) is 5.10 Å². The summed E-state index contributed by atoms with van der Waals surface area (Å²) in [5, 5.41) is 5.03. The molecule has 0 unspecified atom stereocenters. The number of aryl methyl sites for hydroxylation is 1. The number of sulfonamides is 1. The van der Waals surface area contributed by atoms with Crippen LogP contribution in [0.2, 0.25) is 10.0 Å². The van der Waals surface area contributed by atoms with Crippen LogP contribution in [0, 0.1) is 13.8 Å². The molecule has 40 heavy (non-hydrogen) atoms. The number of nitrogens with zero attached hydrogens (tertiary/aromatic N) is 3. The molecule has 1 N–H and O–H groups in total. The molecule has 0 aliphatic carbocycles. The zero-order valence-electron chi connectivity index (χ0n) is 22.6. The lowest BCUT2D eigenvalue weighted by Crippen LogP contribution is -2.39. The van der Waals surface area contributed by atoms with Gasteiger partial charge in [0.25, 0.3) is 15.9 Å². The van der Waals surface area contributed by atoms with Gasteiger partial charge in [0.15, 0.2) is 0 Å². The Hall–Kier alpha value is -3.59. The molecule has 0 atom stereocenters. The summed E-state index contributed by atoms with van der Waals surface area (Å²) >= 11 is 12.3. The SMILES string of the molecule is Cc1cc(/C=N/NC(=O)CN(c2ccc(C(C)C)cc2)S(=O)(=O)c2ccccc2)c(C)n1-c1ccc(Cl)c(Cl)c1. The number of hydrogen-bond donors (Lipinski definition) is 1. The first kappa shape index (κ1) is 29.4. The van der Waals surface area contributed by atoms with Crippen molar-refractivity contribution in [3.8, 4) is 5.69 Å². The number of hydrazone groups is 1. The highest BCUT2D eigenvalue weighted by Gasteiger charge is 2.27. The van der Waals surface area contributed by atoms with E-state index in [4.69, 9.17) is 23.2 Å². The second-order valence-corrected chi connectivity index (χ2v) is 12.3. The van der Waals surface area contributed by atoms with E-state index in [2.05, 4.69) is 24.4 Å². The maximum atomic E-state index is 13.5. The quantitative estimate of drug-likeness (QED) is 0.169. The van der Waals surface area contributed by atoms with Gasteiger partial charge in [0.05, 0.1) is 26.8 Å². The molecular formula is C30H30Cl2N4O3S. The van der Waals surface area contributed by atoms with E-state index in [1.54, 1.807) is 42.5 Å². The Labute approximate surface area is 245 Å². The van der Waals surface area contributed by atoms with Crippen molar-refractivity contribution < 1.29 is 13.2 Å². The number of halogens is 2. The van der Waals surface area contributed by atoms with Crippen molar-refractivity contribution in [3.63, 3.8) is 0 Å². The lowest BCUT2D eigenvalue weighted by Gasteiger charge is -2.24. The van der Waals surface area contributed by atoms with Crippen molar-refractivity contribution in [2.75, 3.05) is 10.8 Å². The molecule has 208 valence electrons. The van der Waals surface area contributed by atoms with Crippen LogP contribution in [-0.4, -0.2) is 31.7 Å². The van der Waals surface area contributed by atoms with Crippen LogP contribution < -0.4 is 9.73 Å². The predicted molar refractivity (Wildman–Crippen MR) is 163 cm³/mol. The van der Waals surface area contributed by atoms with Gasteiger partial charge in [0, 0.05) is 22.6 Å². The Morgan fingerprint density at radius 1 is 0.975 bits per heavy atom. The number of hydrogen-bond acceptors (Lipinski definition) is 4. The van der Waals surface area contributed by atoms with Crippen LogP contribution in [0.1, 0.15) is 42.3 Å². The van der Waals surface area contributed by atoms with E-state index in [1.165, 1.54) is 18.3 Å². The summed E-state index contributed by atoms with van der Waals surface area (Å²) in [6.45, 7) is 7.54. The summed E-state index contributed by atoms with van der Waals surface area (Å²) in [7, 11) is -4.01. The summed E-state index contributed by atoms with van der Waals surface area (Å²) < 4.78 is 30.2. The van der Waals surface area contributed by atoms with Gasteiger partial charge >= 0.3 is 0 Å². The van der Waals surface area contributed by atoms with Crippen molar-refractivity contribution in [1.29, 1.82) is 0 Å². The Kier molecular flexibility index (Phi) is 9.03. The third-order valence-corrected chi connectivity index (χ3v) is 9.02. The molecule has 0 aliphatic heterocycles. The summed E-state index contributed by atoms with van der Waals surface area (Å²) in [5.74, 6) is -0.300. The molecule has 0 bridgehead atoms. The first-order chi connectivity index (χ1) is 19.0. The van der Waals surface area contributed by atoms with E-state index >= 15 is 0 Å². The molecule has 0 aliphatic rings. The molecule has 0 radical (unpaired) electrons. The smallest absolute Gasteiger partial charge is 0.264 e. The molecule has 7 nitrogen and oxygen atoms in total. The molecule has 4 rings (SSSR count). The van der Waals surface area contributed by atoms with E-state index in [9.17, 15) is 13.2 Å². The zero-order chi connectivity index (χ0) is 29.0. The second-order valence-electron chi connectivity index (χ2n) is 9.62. The molecule has 0 spiro atoms. The average molecular weight is 598 g/mol. The molecule has 1 amide bonds. The normalized spacial score (nSPS) is 11.8. The molecule has 1 aromatic heterocycles. The predicted octanol–water partition coefficient (Wildman–Crippen LogP) is 6.87. The van der Waals surface area contributed by atoms with Gasteiger partial charge in [-0.15, -0.1) is 0 Å². The average Bonchev–Trinajstić information content (AvgIpc) is 3.21. The Bertz CT molecular complexity index is 1650. The highest BCUT2D eigenvalue weighted by Crippen LogP contribution is 2.28. The van der Waals surface area contributed by atoms with Gasteiger partial charge in [0.1, 0.15) is 6.54 Å². The number of benzene rings is 3. The van der Waals surface area contributed by atoms with E-state index in [0.717, 1.165) is 32.5 Å². The molecule has 4 aromatic rings. The number of aromatic nitrogens is 1. The number of carbonyl (C=O) groups excluding carboxylic acids is 1. The number of anilines is 1. The Balaban J connectivity index is 1.55. The van der Waals surface area contributed by atoms with Gasteiger partial charge in [-0.3, -0.25) is 9.10 Å². The number of carbonyl (C=O) groups is 1. The van der Waals surface area contributed by atoms with E-state index < -0.39 is 22.5 Å². The van der Waals surface area contributed by atoms with Crippen molar-refractivity contribution in [3.05, 3.63) is 111 Å². The monoisotopic (exact) mass is 596 g/mol. The van der Waals surface area contributed by atoms with Crippen molar-refractivity contribution >= 4 is 51.0 Å². The molecule has 0 fully saturated rings. The fraction of sp³-hybridized carbons (Fsp3) is 0.200. The molecule has 1 heterocycles. The highest BCUT2D eigenvalue weighted by atomic mass is 35.5. The topological polar surface area (TPSA) is 83.8 Å². The van der Waals surface area contributed by atoms with Gasteiger partial charge in [0.2, 0.25) is 0 Å². The van der Waals surface area contributed by atoms with Crippen LogP contribution in [-0.2, 0) is 14.8 Å². The largest absolute Gasteiger partial charge is 0.318 e. The van der Waals surface area contributed by atoms with Crippen LogP contribution in [0.4, 0.5) is 5.69 Å². The Morgan fingerprint density at radius 3 is 2.27 bits per heavy atom. The number of rotatable bonds is 9. The molecular weight excluding hydrogens is 567 g/mol. The van der Waals surface area contributed by atoms with Gasteiger partial charge < -0.3 is 4.57 Å². The van der Waals surface area contributed by atoms with Crippen LogP contribution in [0.15, 0.2) is 88.9 Å². The Morgan fingerprint density at radius 2 is 1.65 bits per heavy atom. The van der Waals surface area contributed by atoms with E-state index in [0.29, 0.717) is 15.7 Å². The number of nitrogens with one attached hydrogen (secondary N) is 1. The van der Waals surface area contributed by atoms with Gasteiger partial charge in [-0.25, -0.2) is 13.8 Å². The molecule has 3 aromatic carbocycles. The maximum absolute atomic E-state index is 13.5. The minimum absolute atomic E-state index is 0.0916. The number of amides is 1. The lowest BCUT2D eigenvalue weighted by molar-refractivity contribution is -0.119. The highest BCUT2D eigenvalue weighted by molar-refractivity contribution is 7.92. The van der Waals surface area contributed by atoms with E-state index in [-0.39, 0.29) is 10.8 Å². The summed E-state index contributed by atoms with van der Waals surface area (Å²) in [6.07, 6.45) is 1.53. The standard InChI is InChI=1S/C30H30Cl2N4O3S/c1-20(2)23-10-12-25(13-11-23)35(40(38,39)27-8-6-5-7-9-27)19-30(37)34-33-18-24-16-21(3)36(22(24)4)26-14-15-28(31)29(32)17-26/h5-18,20H,19H2,1-4H3,(H,34,37)/b33-18+. The van der Waals surface area contributed by atoms with Crippen molar-refractivity contribution in [2.45, 2.75) is 38.5 Å². The molecule has 10 heteroatoms. The second kappa shape index (κ2) is 12.3. The minimum atomic E-state index is -4.01. The van der Waals surface area contributed by atoms with Gasteiger partial charge in [-0.1, -0.05) is 67.4 Å². The van der Waals surface area contributed by atoms with E-state index in [1.807, 2.05) is 42.7 Å². The fourth-order valence-electron chi connectivity index (χ4n) is 4.34. The zero-order valence-corrected chi connectivity index (χ0v) is 24.9. The van der Waals surface area contributed by atoms with Gasteiger partial charge in [-0.05, 0) is 73.9 Å². The maximum Gasteiger partial charge on any atom is 0.264 e. The summed E-state index contributed by atoms with van der Waals surface area (Å²) in [5.41, 5.74) is 7.37. The van der Waals surface area contributed by atoms with Crippen LogP contribution in [0.3, 0.4) is 0 Å². The summed E-state index contributed by atoms with van der Waals surface area (Å²) in [4.78, 5) is 13.0. The van der Waals surface area contributed by atoms with Crippen LogP contribution in [0.5, 0.6) is 0 Å². The van der Waals surface area contributed by atoms with Crippen LogP contribution >= 0.6 is 23.2 Å². The third-order valence-electron chi connectivity index (χ3n) is 6.49. The fourth-order valence-corrected chi connectivity index (χ4v) is 6.07. The van der Waals surface area contributed by atoms with Gasteiger partial charge in [-0.2, -0.15) is 5.10 Å². The van der Waals surface area contributed by atoms with Crippen molar-refractivity contribution in [1.82, 2.24) is 9.99 Å². The minimum Gasteiger partial charge on any atom is -0.318 e. The summed E-state index contributed by atoms with van der Waals surface area (Å²) in [6, 6.07) is 22.5. The molecule has 0 saturated heterocycles. The lowest BCUT2D eigenvalue weighted by atomic mass is 10.0. The molecule has 0 saturated carbocycles. The first-order valence-electron chi connectivity index (χ1n) is 12.6. The first-order valence-corrected chi connectivity index (χ1v) is 14.8. The van der Waals surface area contributed by atoms with Crippen LogP contribution in [0.25, 0.3) is 5.69 Å². The third kappa shape index (κ3) is 6.41.